The van der Waals surface area contributed by atoms with Crippen LogP contribution in [0.1, 0.15) is 11.1 Å². The zero-order valence-corrected chi connectivity index (χ0v) is 11.9. The standard InChI is InChI=1S/C18H13NS/c1-13-5-4-6-15(11-13)20-18-10-9-14(12-19)16-7-2-3-8-17(16)18/h2-11H,1H3. The monoisotopic (exact) mass is 275 g/mol. The van der Waals surface area contributed by atoms with E-state index in [4.69, 9.17) is 0 Å². The molecule has 0 radical (unpaired) electrons. The van der Waals surface area contributed by atoms with Gasteiger partial charge in [-0.2, -0.15) is 5.26 Å². The van der Waals surface area contributed by atoms with Crippen LogP contribution in [0.4, 0.5) is 0 Å². The lowest BCUT2D eigenvalue weighted by Gasteiger charge is -2.08. The van der Waals surface area contributed by atoms with E-state index >= 15 is 0 Å². The van der Waals surface area contributed by atoms with Crippen LogP contribution < -0.4 is 0 Å². The van der Waals surface area contributed by atoms with Crippen molar-refractivity contribution in [1.29, 1.82) is 5.26 Å². The lowest BCUT2D eigenvalue weighted by atomic mass is 10.1. The molecule has 20 heavy (non-hydrogen) atoms. The summed E-state index contributed by atoms with van der Waals surface area (Å²) in [6, 6.07) is 22.7. The van der Waals surface area contributed by atoms with Crippen LogP contribution in [-0.2, 0) is 0 Å². The summed E-state index contributed by atoms with van der Waals surface area (Å²) in [4.78, 5) is 2.41. The van der Waals surface area contributed by atoms with Crippen LogP contribution in [0, 0.1) is 18.3 Å². The summed E-state index contributed by atoms with van der Waals surface area (Å²) < 4.78 is 0. The average Bonchev–Trinajstić information content (AvgIpc) is 2.48. The molecule has 0 bridgehead atoms. The Labute approximate surface area is 122 Å². The zero-order chi connectivity index (χ0) is 13.9. The minimum Gasteiger partial charge on any atom is -0.192 e. The predicted molar refractivity (Wildman–Crippen MR) is 84.0 cm³/mol. The van der Waals surface area contributed by atoms with Crippen molar-refractivity contribution in [2.24, 2.45) is 0 Å². The summed E-state index contributed by atoms with van der Waals surface area (Å²) >= 11 is 1.74. The van der Waals surface area contributed by atoms with Crippen LogP contribution >= 0.6 is 11.8 Å². The van der Waals surface area contributed by atoms with Crippen molar-refractivity contribution in [3.8, 4) is 6.07 Å². The third-order valence-electron chi connectivity index (χ3n) is 3.22. The molecule has 96 valence electrons. The second-order valence-electron chi connectivity index (χ2n) is 4.69. The molecule has 0 fully saturated rings. The molecule has 0 saturated heterocycles. The van der Waals surface area contributed by atoms with E-state index in [1.54, 1.807) is 11.8 Å². The van der Waals surface area contributed by atoms with E-state index in [0.29, 0.717) is 0 Å². The lowest BCUT2D eigenvalue weighted by molar-refractivity contribution is 1.35. The van der Waals surface area contributed by atoms with Crippen LogP contribution in [0.2, 0.25) is 0 Å². The predicted octanol–water partition coefficient (Wildman–Crippen LogP) is 5.17. The number of fused-ring (bicyclic) bond motifs is 1. The van der Waals surface area contributed by atoms with E-state index in [9.17, 15) is 5.26 Å². The topological polar surface area (TPSA) is 23.8 Å². The molecule has 1 nitrogen and oxygen atoms in total. The first-order valence-electron chi connectivity index (χ1n) is 6.44. The summed E-state index contributed by atoms with van der Waals surface area (Å²) in [5, 5.41) is 11.4. The first-order chi connectivity index (χ1) is 9.78. The highest BCUT2D eigenvalue weighted by Gasteiger charge is 2.06. The smallest absolute Gasteiger partial charge is 0.0998 e. The normalized spacial score (nSPS) is 10.4. The van der Waals surface area contributed by atoms with Crippen molar-refractivity contribution in [2.45, 2.75) is 16.7 Å². The number of aryl methyl sites for hydroxylation is 1. The molecule has 0 saturated carbocycles. The van der Waals surface area contributed by atoms with Crippen LogP contribution in [0.5, 0.6) is 0 Å². The van der Waals surface area contributed by atoms with Crippen LogP contribution in [0.15, 0.2) is 70.5 Å². The largest absolute Gasteiger partial charge is 0.192 e. The van der Waals surface area contributed by atoms with Gasteiger partial charge in [-0.05, 0) is 36.6 Å². The number of nitrogens with zero attached hydrogens (tertiary/aromatic N) is 1. The molecular weight excluding hydrogens is 262 g/mol. The maximum atomic E-state index is 9.20. The molecule has 0 aliphatic rings. The minimum atomic E-state index is 0.731. The Morgan fingerprint density at radius 3 is 2.45 bits per heavy atom. The number of nitriles is 1. The molecule has 0 aromatic heterocycles. The molecule has 0 spiro atoms. The molecule has 2 heteroatoms. The zero-order valence-electron chi connectivity index (χ0n) is 11.1. The summed E-state index contributed by atoms with van der Waals surface area (Å²) in [6.07, 6.45) is 0. The fourth-order valence-electron chi connectivity index (χ4n) is 2.26. The SMILES string of the molecule is Cc1cccc(Sc2ccc(C#N)c3ccccc23)c1. The van der Waals surface area contributed by atoms with Crippen molar-refractivity contribution >= 4 is 22.5 Å². The van der Waals surface area contributed by atoms with Crippen molar-refractivity contribution in [2.75, 3.05) is 0 Å². The van der Waals surface area contributed by atoms with Crippen LogP contribution in [0.3, 0.4) is 0 Å². The Morgan fingerprint density at radius 1 is 0.900 bits per heavy atom. The van der Waals surface area contributed by atoms with Gasteiger partial charge in [0.15, 0.2) is 0 Å². The molecule has 3 aromatic rings. The van der Waals surface area contributed by atoms with Gasteiger partial charge in [0.1, 0.15) is 0 Å². The van der Waals surface area contributed by atoms with Crippen LogP contribution in [0.25, 0.3) is 10.8 Å². The summed E-state index contributed by atoms with van der Waals surface area (Å²) in [6.45, 7) is 2.10. The van der Waals surface area contributed by atoms with Crippen molar-refractivity contribution < 1.29 is 0 Å². The highest BCUT2D eigenvalue weighted by atomic mass is 32.2. The second-order valence-corrected chi connectivity index (χ2v) is 5.80. The van der Waals surface area contributed by atoms with E-state index < -0.39 is 0 Å². The van der Waals surface area contributed by atoms with Gasteiger partial charge < -0.3 is 0 Å². The quantitative estimate of drug-likeness (QED) is 0.644. The highest BCUT2D eigenvalue weighted by molar-refractivity contribution is 7.99. The molecule has 0 N–H and O–H groups in total. The first-order valence-corrected chi connectivity index (χ1v) is 7.26. The molecular formula is C18H13NS. The van der Waals surface area contributed by atoms with Crippen molar-refractivity contribution in [3.05, 3.63) is 71.8 Å². The highest BCUT2D eigenvalue weighted by Crippen LogP contribution is 2.34. The number of hydrogen-bond donors (Lipinski definition) is 0. The number of rotatable bonds is 2. The van der Waals surface area contributed by atoms with Gasteiger partial charge in [-0.3, -0.25) is 0 Å². The third-order valence-corrected chi connectivity index (χ3v) is 4.29. The van der Waals surface area contributed by atoms with E-state index in [0.717, 1.165) is 16.3 Å². The molecule has 0 amide bonds. The molecule has 0 aliphatic heterocycles. The van der Waals surface area contributed by atoms with E-state index in [-0.39, 0.29) is 0 Å². The third kappa shape index (κ3) is 2.41. The minimum absolute atomic E-state index is 0.731. The number of hydrogen-bond acceptors (Lipinski definition) is 2. The Bertz CT molecular complexity index is 815. The van der Waals surface area contributed by atoms with Gasteiger partial charge in [-0.1, -0.05) is 53.7 Å². The fraction of sp³-hybridized carbons (Fsp3) is 0.0556. The molecule has 3 rings (SSSR count). The van der Waals surface area contributed by atoms with Gasteiger partial charge in [-0.25, -0.2) is 0 Å². The van der Waals surface area contributed by atoms with Gasteiger partial charge in [0.2, 0.25) is 0 Å². The van der Waals surface area contributed by atoms with Gasteiger partial charge >= 0.3 is 0 Å². The van der Waals surface area contributed by atoms with E-state index in [1.807, 2.05) is 30.3 Å². The maximum absolute atomic E-state index is 9.20. The van der Waals surface area contributed by atoms with Gasteiger partial charge in [0.05, 0.1) is 11.6 Å². The first kappa shape index (κ1) is 12.8. The Hall–Kier alpha value is -2.24. The summed E-state index contributed by atoms with van der Waals surface area (Å²) in [7, 11) is 0. The molecule has 0 unspecified atom stereocenters. The Balaban J connectivity index is 2.11. The van der Waals surface area contributed by atoms with Gasteiger partial charge in [-0.15, -0.1) is 0 Å². The van der Waals surface area contributed by atoms with Crippen molar-refractivity contribution in [1.82, 2.24) is 0 Å². The second kappa shape index (κ2) is 5.40. The Kier molecular flexibility index (Phi) is 3.45. The summed E-state index contributed by atoms with van der Waals surface area (Å²) in [5.41, 5.74) is 1.99. The van der Waals surface area contributed by atoms with Crippen LogP contribution in [-0.4, -0.2) is 0 Å². The molecule has 3 aromatic carbocycles. The molecule has 0 aliphatic carbocycles. The van der Waals surface area contributed by atoms with E-state index in [1.165, 1.54) is 15.4 Å². The van der Waals surface area contributed by atoms with E-state index in [2.05, 4.69) is 43.3 Å². The molecule has 0 atom stereocenters. The lowest BCUT2D eigenvalue weighted by Crippen LogP contribution is -1.83. The number of benzene rings is 3. The molecule has 0 heterocycles. The van der Waals surface area contributed by atoms with Crippen molar-refractivity contribution in [3.63, 3.8) is 0 Å². The fourth-order valence-corrected chi connectivity index (χ4v) is 3.33. The maximum Gasteiger partial charge on any atom is 0.0998 e. The summed E-state index contributed by atoms with van der Waals surface area (Å²) in [5.74, 6) is 0. The Morgan fingerprint density at radius 2 is 1.70 bits per heavy atom. The van der Waals surface area contributed by atoms with Gasteiger partial charge in [0, 0.05) is 15.2 Å². The van der Waals surface area contributed by atoms with Gasteiger partial charge in [0.25, 0.3) is 0 Å². The average molecular weight is 275 g/mol.